The van der Waals surface area contributed by atoms with Gasteiger partial charge in [0, 0.05) is 30.4 Å². The molecule has 0 aliphatic heterocycles. The Morgan fingerprint density at radius 2 is 1.83 bits per heavy atom. The highest BCUT2D eigenvalue weighted by molar-refractivity contribution is 5.67. The lowest BCUT2D eigenvalue weighted by molar-refractivity contribution is 0.294. The number of benzene rings is 1. The molecule has 1 aromatic carbocycles. The molecule has 0 saturated carbocycles. The van der Waals surface area contributed by atoms with Gasteiger partial charge in [-0.25, -0.2) is 10.1 Å². The third kappa shape index (κ3) is 3.48. The number of nitrogens with zero attached hydrogens (tertiary/aromatic N) is 4. The predicted molar refractivity (Wildman–Crippen MR) is 112 cm³/mol. The van der Waals surface area contributed by atoms with E-state index in [1.807, 2.05) is 28.9 Å². The summed E-state index contributed by atoms with van der Waals surface area (Å²) < 4.78 is 8.01. The molecule has 29 heavy (non-hydrogen) atoms. The summed E-state index contributed by atoms with van der Waals surface area (Å²) in [6, 6.07) is 16.3. The average molecular weight is 381 g/mol. The summed E-state index contributed by atoms with van der Waals surface area (Å²) in [5, 5.41) is 7.04. The van der Waals surface area contributed by atoms with E-state index in [2.05, 4.69) is 58.5 Å². The van der Waals surface area contributed by atoms with E-state index in [4.69, 9.17) is 9.72 Å². The number of fused-ring (bicyclic) bond motifs is 1. The zero-order valence-corrected chi connectivity index (χ0v) is 15.9. The minimum atomic E-state index is 0.449. The molecular formula is C23H19N5O. The number of aryl methyl sites for hydroxylation is 1. The Balaban J connectivity index is 1.32. The molecule has 0 amide bonds. The standard InChI is InChI=1S/C23H19N5O/c1-16-8-11-28-14-21(26-22(28)12-16)19-4-2-17(3-5-19)15-29-23-20(13-25-27-23)18-6-9-24-10-7-18/h2-14H,15H2,1H3,(H,25,27). The van der Waals surface area contributed by atoms with E-state index in [1.165, 1.54) is 5.56 Å². The van der Waals surface area contributed by atoms with Crippen LogP contribution in [0.3, 0.4) is 0 Å². The number of pyridine rings is 2. The van der Waals surface area contributed by atoms with Gasteiger partial charge >= 0.3 is 0 Å². The molecule has 1 N–H and O–H groups in total. The summed E-state index contributed by atoms with van der Waals surface area (Å²) in [7, 11) is 0. The Kier molecular flexibility index (Phi) is 4.29. The molecule has 0 atom stereocenters. The molecule has 0 spiro atoms. The van der Waals surface area contributed by atoms with Crippen LogP contribution in [-0.2, 0) is 6.61 Å². The molecule has 4 aromatic heterocycles. The molecule has 0 unspecified atom stereocenters. The number of rotatable bonds is 5. The van der Waals surface area contributed by atoms with E-state index in [1.54, 1.807) is 18.6 Å². The summed E-state index contributed by atoms with van der Waals surface area (Å²) in [4.78, 5) is 8.77. The Labute approximate surface area is 167 Å². The molecule has 5 rings (SSSR count). The SMILES string of the molecule is Cc1ccn2cc(-c3ccc(COc4[nH]ncc4-c4ccncc4)cc3)nc2c1. The molecule has 0 aliphatic rings. The fraction of sp³-hybridized carbons (Fsp3) is 0.0870. The van der Waals surface area contributed by atoms with Crippen molar-refractivity contribution in [3.63, 3.8) is 0 Å². The van der Waals surface area contributed by atoms with Crippen molar-refractivity contribution in [2.45, 2.75) is 13.5 Å². The highest BCUT2D eigenvalue weighted by Crippen LogP contribution is 2.28. The normalized spacial score (nSPS) is 11.1. The van der Waals surface area contributed by atoms with Gasteiger partial charge in [-0.1, -0.05) is 24.3 Å². The molecule has 6 heteroatoms. The molecule has 4 heterocycles. The lowest BCUT2D eigenvalue weighted by Gasteiger charge is -2.07. The number of hydrogen-bond acceptors (Lipinski definition) is 4. The first-order valence-electron chi connectivity index (χ1n) is 9.37. The Bertz CT molecular complexity index is 1260. The van der Waals surface area contributed by atoms with Crippen LogP contribution in [0.2, 0.25) is 0 Å². The highest BCUT2D eigenvalue weighted by atomic mass is 16.5. The van der Waals surface area contributed by atoms with Gasteiger partial charge < -0.3 is 9.14 Å². The van der Waals surface area contributed by atoms with Crippen molar-refractivity contribution in [3.05, 3.63) is 90.6 Å². The summed E-state index contributed by atoms with van der Waals surface area (Å²) in [5.41, 5.74) is 7.20. The van der Waals surface area contributed by atoms with E-state index < -0.39 is 0 Å². The van der Waals surface area contributed by atoms with Gasteiger partial charge in [-0.05, 0) is 47.9 Å². The lowest BCUT2D eigenvalue weighted by atomic mass is 10.1. The second-order valence-corrected chi connectivity index (χ2v) is 6.93. The van der Waals surface area contributed by atoms with Crippen LogP contribution >= 0.6 is 0 Å². The zero-order chi connectivity index (χ0) is 19.6. The first kappa shape index (κ1) is 17.2. The Morgan fingerprint density at radius 3 is 2.66 bits per heavy atom. The van der Waals surface area contributed by atoms with Crippen LogP contribution in [0.25, 0.3) is 28.0 Å². The number of aromatic nitrogens is 5. The van der Waals surface area contributed by atoms with Gasteiger partial charge in [0.2, 0.25) is 5.88 Å². The molecule has 0 bridgehead atoms. The predicted octanol–water partition coefficient (Wildman–Crippen LogP) is 4.67. The monoisotopic (exact) mass is 381 g/mol. The van der Waals surface area contributed by atoms with Crippen molar-refractivity contribution < 1.29 is 4.74 Å². The van der Waals surface area contributed by atoms with Gasteiger partial charge in [0.1, 0.15) is 12.3 Å². The van der Waals surface area contributed by atoms with Gasteiger partial charge in [-0.2, -0.15) is 5.10 Å². The summed E-state index contributed by atoms with van der Waals surface area (Å²) in [5.74, 6) is 0.649. The van der Waals surface area contributed by atoms with Crippen LogP contribution in [0.1, 0.15) is 11.1 Å². The molecule has 0 aliphatic carbocycles. The molecule has 0 radical (unpaired) electrons. The maximum absolute atomic E-state index is 5.97. The number of ether oxygens (including phenoxy) is 1. The van der Waals surface area contributed by atoms with E-state index in [9.17, 15) is 0 Å². The average Bonchev–Trinajstić information content (AvgIpc) is 3.40. The van der Waals surface area contributed by atoms with Crippen LogP contribution < -0.4 is 4.74 Å². The van der Waals surface area contributed by atoms with Gasteiger partial charge in [-0.15, -0.1) is 0 Å². The fourth-order valence-corrected chi connectivity index (χ4v) is 3.27. The maximum atomic E-state index is 5.97. The van der Waals surface area contributed by atoms with E-state index >= 15 is 0 Å². The number of nitrogens with one attached hydrogen (secondary N) is 1. The quantitative estimate of drug-likeness (QED) is 0.480. The summed E-state index contributed by atoms with van der Waals surface area (Å²) >= 11 is 0. The minimum absolute atomic E-state index is 0.449. The number of imidazole rings is 1. The number of hydrogen-bond donors (Lipinski definition) is 1. The lowest BCUT2D eigenvalue weighted by Crippen LogP contribution is -1.97. The minimum Gasteiger partial charge on any atom is -0.473 e. The van der Waals surface area contributed by atoms with Crippen LogP contribution in [0.5, 0.6) is 5.88 Å². The smallest absolute Gasteiger partial charge is 0.217 e. The zero-order valence-electron chi connectivity index (χ0n) is 15.9. The van der Waals surface area contributed by atoms with Gasteiger partial charge in [0.05, 0.1) is 17.5 Å². The van der Waals surface area contributed by atoms with E-state index in [0.717, 1.165) is 33.6 Å². The van der Waals surface area contributed by atoms with Crippen molar-refractivity contribution in [2.24, 2.45) is 0 Å². The van der Waals surface area contributed by atoms with Crippen molar-refractivity contribution in [2.75, 3.05) is 0 Å². The molecule has 5 aromatic rings. The van der Waals surface area contributed by atoms with Crippen LogP contribution in [0.15, 0.2) is 79.5 Å². The molecule has 142 valence electrons. The van der Waals surface area contributed by atoms with Crippen LogP contribution in [0.4, 0.5) is 0 Å². The van der Waals surface area contributed by atoms with Gasteiger partial charge in [0.15, 0.2) is 0 Å². The highest BCUT2D eigenvalue weighted by Gasteiger charge is 2.10. The van der Waals surface area contributed by atoms with Gasteiger partial charge in [0.25, 0.3) is 0 Å². The molecule has 0 fully saturated rings. The van der Waals surface area contributed by atoms with Crippen molar-refractivity contribution in [1.82, 2.24) is 24.6 Å². The number of aromatic amines is 1. The first-order chi connectivity index (χ1) is 14.3. The van der Waals surface area contributed by atoms with E-state index in [0.29, 0.717) is 12.5 Å². The second-order valence-electron chi connectivity index (χ2n) is 6.93. The first-order valence-corrected chi connectivity index (χ1v) is 9.37. The third-order valence-corrected chi connectivity index (χ3v) is 4.84. The summed E-state index contributed by atoms with van der Waals surface area (Å²) in [6.45, 7) is 2.52. The Morgan fingerprint density at radius 1 is 1.00 bits per heavy atom. The number of H-pyrrole nitrogens is 1. The van der Waals surface area contributed by atoms with Crippen molar-refractivity contribution in [1.29, 1.82) is 0 Å². The molecule has 0 saturated heterocycles. The largest absolute Gasteiger partial charge is 0.473 e. The van der Waals surface area contributed by atoms with Crippen molar-refractivity contribution in [3.8, 4) is 28.3 Å². The van der Waals surface area contributed by atoms with Gasteiger partial charge in [-0.3, -0.25) is 4.98 Å². The van der Waals surface area contributed by atoms with Crippen molar-refractivity contribution >= 4 is 5.65 Å². The van der Waals surface area contributed by atoms with Crippen LogP contribution in [0, 0.1) is 6.92 Å². The second kappa shape index (κ2) is 7.24. The Hall–Kier alpha value is -3.93. The molecule has 6 nitrogen and oxygen atoms in total. The third-order valence-electron chi connectivity index (χ3n) is 4.84. The topological polar surface area (TPSA) is 68.1 Å². The summed E-state index contributed by atoms with van der Waals surface area (Å²) in [6.07, 6.45) is 9.36. The fourth-order valence-electron chi connectivity index (χ4n) is 3.27. The van der Waals surface area contributed by atoms with Crippen LogP contribution in [-0.4, -0.2) is 24.6 Å². The van der Waals surface area contributed by atoms with E-state index in [-0.39, 0.29) is 0 Å². The maximum Gasteiger partial charge on any atom is 0.217 e. The molecular weight excluding hydrogens is 362 g/mol.